The van der Waals surface area contributed by atoms with Crippen LogP contribution in [0, 0.1) is 0 Å². The van der Waals surface area contributed by atoms with Gasteiger partial charge in [0, 0.05) is 28.5 Å². The quantitative estimate of drug-likeness (QED) is 0.540. The molecule has 0 saturated carbocycles. The maximum Gasteiger partial charge on any atom is 0.108 e. The second-order valence-electron chi connectivity index (χ2n) is 2.84. The molecule has 0 radical (unpaired) electrons. The van der Waals surface area contributed by atoms with E-state index >= 15 is 0 Å². The van der Waals surface area contributed by atoms with Gasteiger partial charge in [-0.15, -0.1) is 0 Å². The highest BCUT2D eigenvalue weighted by Crippen LogP contribution is 2.04. The number of hydrogen-bond donors (Lipinski definition) is 0. The molecule has 0 N–H and O–H groups in total. The van der Waals surface area contributed by atoms with Gasteiger partial charge in [0.25, 0.3) is 0 Å². The lowest BCUT2D eigenvalue weighted by Gasteiger charge is -2.21. The predicted octanol–water partition coefficient (Wildman–Crippen LogP) is 1.01. The van der Waals surface area contributed by atoms with Crippen LogP contribution in [0.25, 0.3) is 0 Å². The van der Waals surface area contributed by atoms with Gasteiger partial charge in [0.1, 0.15) is 4.99 Å². The zero-order valence-corrected chi connectivity index (χ0v) is 11.0. The Balaban J connectivity index is 2.78. The second-order valence-corrected chi connectivity index (χ2v) is 3.86. The normalized spacial score (nSPS) is 9.92. The van der Waals surface area contributed by atoms with Crippen molar-refractivity contribution in [2.45, 2.75) is 6.92 Å². The minimum atomic E-state index is 0.984. The number of thiocarbonyl (C=S) groups is 1. The molecule has 0 bridgehead atoms. The van der Waals surface area contributed by atoms with Crippen molar-refractivity contribution in [3.05, 3.63) is 35.9 Å². The zero-order chi connectivity index (χ0) is 9.68. The maximum atomic E-state index is 5.39. The Bertz CT molecular complexity index is 270. The molecule has 1 nitrogen and oxygen atoms in total. The summed E-state index contributed by atoms with van der Waals surface area (Å²) in [5.74, 6) is 0. The van der Waals surface area contributed by atoms with Gasteiger partial charge in [-0.2, -0.15) is 0 Å². The van der Waals surface area contributed by atoms with Crippen molar-refractivity contribution in [2.24, 2.45) is 0 Å². The third-order valence-electron chi connectivity index (χ3n) is 2.07. The monoisotopic (exact) mass is 209 g/mol. The highest BCUT2D eigenvalue weighted by Gasteiger charge is 2.05. The van der Waals surface area contributed by atoms with E-state index in [4.69, 9.17) is 12.2 Å². The second kappa shape index (κ2) is 5.14. The summed E-state index contributed by atoms with van der Waals surface area (Å²) in [6.45, 7) is 3.16. The van der Waals surface area contributed by atoms with E-state index in [9.17, 15) is 0 Å². The van der Waals surface area contributed by atoms with Crippen LogP contribution in [0.4, 0.5) is 0 Å². The molecule has 13 heavy (non-hydrogen) atoms. The van der Waals surface area contributed by atoms with Crippen LogP contribution >= 0.6 is 12.2 Å². The lowest BCUT2D eigenvalue weighted by molar-refractivity contribution is 0.522. The molecule has 70 valence electrons. The van der Waals surface area contributed by atoms with E-state index in [1.165, 1.54) is 10.2 Å². The number of hydrogen-bond acceptors (Lipinski definition) is 1. The van der Waals surface area contributed by atoms with Gasteiger partial charge in [-0.3, -0.25) is 0 Å². The van der Waals surface area contributed by atoms with E-state index in [1.807, 2.05) is 18.2 Å². The molecule has 0 heterocycles. The molecule has 0 aliphatic heterocycles. The molecule has 3 heteroatoms. The van der Waals surface area contributed by atoms with Crippen LogP contribution in [0.5, 0.6) is 0 Å². The molecule has 0 aliphatic rings. The fraction of sp³-hybridized carbons (Fsp3) is 0.300. The minimum absolute atomic E-state index is 0.984. The van der Waals surface area contributed by atoms with Crippen LogP contribution in [0.15, 0.2) is 30.3 Å². The van der Waals surface area contributed by atoms with Crippen LogP contribution in [-0.4, -0.2) is 32.8 Å². The highest BCUT2D eigenvalue weighted by atomic mass is 32.1. The van der Waals surface area contributed by atoms with Crippen molar-refractivity contribution in [2.75, 3.05) is 12.7 Å². The first-order valence-corrected chi connectivity index (χ1v) is 6.46. The SMILES string of the molecule is CCN(C[SiH3])C(=S)c1ccccc1. The predicted molar refractivity (Wildman–Crippen MR) is 65.3 cm³/mol. The number of benzene rings is 1. The summed E-state index contributed by atoms with van der Waals surface area (Å²) in [6.07, 6.45) is 1.12. The molecule has 0 spiro atoms. The molecule has 0 saturated heterocycles. The smallest absolute Gasteiger partial charge is 0.108 e. The van der Waals surface area contributed by atoms with Gasteiger partial charge < -0.3 is 4.90 Å². The molecule has 0 aliphatic carbocycles. The molecule has 0 unspecified atom stereocenters. The number of rotatable bonds is 3. The zero-order valence-electron chi connectivity index (χ0n) is 8.16. The first kappa shape index (κ1) is 10.4. The number of nitrogens with zero attached hydrogens (tertiary/aromatic N) is 1. The van der Waals surface area contributed by atoms with E-state index in [2.05, 4.69) is 24.0 Å². The van der Waals surface area contributed by atoms with E-state index in [1.54, 1.807) is 0 Å². The van der Waals surface area contributed by atoms with Crippen molar-refractivity contribution >= 4 is 27.4 Å². The molecule has 1 aromatic carbocycles. The lowest BCUT2D eigenvalue weighted by atomic mass is 10.2. The summed E-state index contributed by atoms with van der Waals surface area (Å²) in [4.78, 5) is 3.23. The van der Waals surface area contributed by atoms with Crippen molar-refractivity contribution in [3.63, 3.8) is 0 Å². The van der Waals surface area contributed by atoms with Crippen molar-refractivity contribution in [3.8, 4) is 0 Å². The first-order chi connectivity index (χ1) is 6.29. The summed E-state index contributed by atoms with van der Waals surface area (Å²) >= 11 is 5.39. The van der Waals surface area contributed by atoms with Crippen molar-refractivity contribution < 1.29 is 0 Å². The Kier molecular flexibility index (Phi) is 4.12. The topological polar surface area (TPSA) is 3.24 Å². The van der Waals surface area contributed by atoms with Crippen molar-refractivity contribution in [1.29, 1.82) is 0 Å². The highest BCUT2D eigenvalue weighted by molar-refractivity contribution is 7.80. The molecule has 1 aromatic rings. The van der Waals surface area contributed by atoms with Gasteiger partial charge in [-0.1, -0.05) is 42.5 Å². The summed E-state index contributed by atoms with van der Waals surface area (Å²) < 4.78 is 0. The van der Waals surface area contributed by atoms with E-state index in [0.29, 0.717) is 0 Å². The fourth-order valence-corrected chi connectivity index (χ4v) is 2.66. The summed E-state index contributed by atoms with van der Waals surface area (Å²) in [7, 11) is 1.17. The van der Waals surface area contributed by atoms with Gasteiger partial charge in [0.05, 0.1) is 0 Å². The molecule has 0 fully saturated rings. The Morgan fingerprint density at radius 1 is 1.38 bits per heavy atom. The molecule has 0 aromatic heterocycles. The summed E-state index contributed by atoms with van der Waals surface area (Å²) in [5, 5.41) is 0. The Hall–Kier alpha value is -0.673. The fourth-order valence-electron chi connectivity index (χ4n) is 1.27. The Morgan fingerprint density at radius 3 is 2.46 bits per heavy atom. The standard InChI is InChI=1S/C10H15NSSi/c1-2-11(8-13)10(12)9-6-4-3-5-7-9/h3-7H,2,8H2,1,13H3. The third kappa shape index (κ3) is 2.64. The largest absolute Gasteiger partial charge is 0.367 e. The average Bonchev–Trinajstić information content (AvgIpc) is 2.21. The summed E-state index contributed by atoms with van der Waals surface area (Å²) in [5.41, 5.74) is 1.16. The first-order valence-electron chi connectivity index (χ1n) is 4.64. The van der Waals surface area contributed by atoms with Gasteiger partial charge in [0.15, 0.2) is 0 Å². The molecular formula is C10H15NSSi. The van der Waals surface area contributed by atoms with Crippen LogP contribution in [0.3, 0.4) is 0 Å². The van der Waals surface area contributed by atoms with E-state index < -0.39 is 0 Å². The van der Waals surface area contributed by atoms with E-state index in [0.717, 1.165) is 23.3 Å². The van der Waals surface area contributed by atoms with Gasteiger partial charge in [-0.25, -0.2) is 0 Å². The Morgan fingerprint density at radius 2 is 2.00 bits per heavy atom. The van der Waals surface area contributed by atoms with Gasteiger partial charge >= 0.3 is 0 Å². The minimum Gasteiger partial charge on any atom is -0.367 e. The Labute approximate surface area is 88.2 Å². The van der Waals surface area contributed by atoms with Crippen LogP contribution in [0.2, 0.25) is 0 Å². The van der Waals surface area contributed by atoms with Crippen LogP contribution in [0.1, 0.15) is 12.5 Å². The van der Waals surface area contributed by atoms with E-state index in [-0.39, 0.29) is 0 Å². The molecule has 0 atom stereocenters. The maximum absolute atomic E-state index is 5.39. The van der Waals surface area contributed by atoms with Crippen molar-refractivity contribution in [1.82, 2.24) is 4.90 Å². The van der Waals surface area contributed by atoms with Gasteiger partial charge in [0.2, 0.25) is 0 Å². The van der Waals surface area contributed by atoms with Gasteiger partial charge in [-0.05, 0) is 6.92 Å². The molecule has 0 amide bonds. The summed E-state index contributed by atoms with van der Waals surface area (Å²) in [6, 6.07) is 10.2. The van der Waals surface area contributed by atoms with Crippen LogP contribution < -0.4 is 0 Å². The molecular weight excluding hydrogens is 194 g/mol. The average molecular weight is 209 g/mol. The van der Waals surface area contributed by atoms with Crippen LogP contribution in [-0.2, 0) is 0 Å². The third-order valence-corrected chi connectivity index (χ3v) is 3.33. The molecule has 1 rings (SSSR count). The lowest BCUT2D eigenvalue weighted by Crippen LogP contribution is -2.30.